The summed E-state index contributed by atoms with van der Waals surface area (Å²) < 4.78 is 26.2. The minimum absolute atomic E-state index is 0.0323. The van der Waals surface area contributed by atoms with Crippen molar-refractivity contribution in [2.45, 2.75) is 97.6 Å². The fourth-order valence-electron chi connectivity index (χ4n) is 7.52. The van der Waals surface area contributed by atoms with Gasteiger partial charge in [0.05, 0.1) is 48.4 Å². The van der Waals surface area contributed by atoms with E-state index in [1.165, 1.54) is 0 Å². The summed E-state index contributed by atoms with van der Waals surface area (Å²) in [5.74, 6) is 0.906. The van der Waals surface area contributed by atoms with Crippen molar-refractivity contribution in [3.63, 3.8) is 0 Å². The van der Waals surface area contributed by atoms with Gasteiger partial charge in [0.2, 0.25) is 0 Å². The monoisotopic (exact) mass is 660 g/mol. The molecule has 13 heteroatoms. The summed E-state index contributed by atoms with van der Waals surface area (Å²) in [6.45, 7) is 16.2. The fraction of sp³-hybridized carbons (Fsp3) is 0.629. The third kappa shape index (κ3) is 6.06. The predicted molar refractivity (Wildman–Crippen MR) is 181 cm³/mol. The summed E-state index contributed by atoms with van der Waals surface area (Å²) >= 11 is 0. The topological polar surface area (TPSA) is 108 Å². The molecule has 0 N–H and O–H groups in total. The van der Waals surface area contributed by atoms with E-state index in [9.17, 15) is 4.79 Å². The lowest BCUT2D eigenvalue weighted by atomic mass is 10.0. The summed E-state index contributed by atoms with van der Waals surface area (Å²) in [6, 6.07) is 4.67. The molecule has 0 saturated carbocycles. The number of aryl methyl sites for hydroxylation is 2. The van der Waals surface area contributed by atoms with Crippen molar-refractivity contribution in [3.8, 4) is 22.5 Å². The molecule has 13 nitrogen and oxygen atoms in total. The number of carbonyl (C=O) groups excluding carboxylic acids is 1. The van der Waals surface area contributed by atoms with Crippen LogP contribution in [0.5, 0.6) is 0 Å². The Labute approximate surface area is 282 Å². The van der Waals surface area contributed by atoms with Gasteiger partial charge in [0.15, 0.2) is 25.1 Å². The highest BCUT2D eigenvalue weighted by atomic mass is 16.6. The van der Waals surface area contributed by atoms with E-state index in [0.717, 1.165) is 90.6 Å². The SMILES string of the molecule is Cc1nn(C2CCN(C(=O)OC(C)(C)C)CC2)c(C)c1-c1cc(N2CCOC[C@H]2C)nc2c(-c3cc[n+](C)n3C3CCCCO3)cnn12. The highest BCUT2D eigenvalue weighted by Crippen LogP contribution is 2.37. The second-order valence-corrected chi connectivity index (χ2v) is 14.5. The molecule has 4 aromatic heterocycles. The number of hydrogen-bond acceptors (Lipinski definition) is 8. The molecule has 0 aromatic carbocycles. The van der Waals surface area contributed by atoms with Crippen molar-refractivity contribution >= 4 is 17.6 Å². The van der Waals surface area contributed by atoms with Gasteiger partial charge in [-0.3, -0.25) is 4.68 Å². The smallest absolute Gasteiger partial charge is 0.410 e. The first kappa shape index (κ1) is 32.6. The van der Waals surface area contributed by atoms with Crippen molar-refractivity contribution in [2.24, 2.45) is 7.05 Å². The Hall–Kier alpha value is -3.97. The molecule has 7 rings (SSSR count). The average molecular weight is 661 g/mol. The molecule has 0 spiro atoms. The summed E-state index contributed by atoms with van der Waals surface area (Å²) in [5.41, 5.74) is 6.33. The quantitative estimate of drug-likeness (QED) is 0.276. The van der Waals surface area contributed by atoms with Crippen molar-refractivity contribution in [3.05, 3.63) is 35.9 Å². The number of amides is 1. The molecule has 3 aliphatic heterocycles. The maximum Gasteiger partial charge on any atom is 0.410 e. The molecule has 3 saturated heterocycles. The van der Waals surface area contributed by atoms with Crippen LogP contribution in [0.4, 0.5) is 10.6 Å². The number of piperidine rings is 1. The Kier molecular flexibility index (Phi) is 8.69. The van der Waals surface area contributed by atoms with Gasteiger partial charge < -0.3 is 24.0 Å². The number of anilines is 1. The van der Waals surface area contributed by atoms with E-state index in [2.05, 4.69) is 65.1 Å². The van der Waals surface area contributed by atoms with E-state index < -0.39 is 5.60 Å². The number of aromatic nitrogens is 7. The van der Waals surface area contributed by atoms with E-state index >= 15 is 0 Å². The molecular weight excluding hydrogens is 610 g/mol. The van der Waals surface area contributed by atoms with Crippen LogP contribution in [0.2, 0.25) is 0 Å². The number of fused-ring (bicyclic) bond motifs is 1. The van der Waals surface area contributed by atoms with Crippen LogP contribution in [0.25, 0.3) is 28.2 Å². The zero-order valence-corrected chi connectivity index (χ0v) is 29.5. The molecule has 0 radical (unpaired) electrons. The Morgan fingerprint density at radius 3 is 2.56 bits per heavy atom. The molecule has 0 aliphatic carbocycles. The van der Waals surface area contributed by atoms with Crippen LogP contribution in [-0.2, 0) is 21.3 Å². The van der Waals surface area contributed by atoms with E-state index in [1.54, 1.807) is 0 Å². The number of likely N-dealkylation sites (tertiary alicyclic amines) is 1. The van der Waals surface area contributed by atoms with Crippen LogP contribution >= 0.6 is 0 Å². The van der Waals surface area contributed by atoms with Crippen LogP contribution < -0.4 is 9.58 Å². The molecule has 3 fully saturated rings. The van der Waals surface area contributed by atoms with Gasteiger partial charge in [-0.05, 0) is 73.6 Å². The zero-order valence-electron chi connectivity index (χ0n) is 29.5. The average Bonchev–Trinajstić information content (AvgIpc) is 3.74. The van der Waals surface area contributed by atoms with Gasteiger partial charge in [-0.25, -0.2) is 14.3 Å². The molecule has 48 heavy (non-hydrogen) atoms. The first-order valence-corrected chi connectivity index (χ1v) is 17.5. The first-order valence-electron chi connectivity index (χ1n) is 17.5. The molecule has 1 amide bonds. The molecular formula is C35H50N9O4+. The zero-order chi connectivity index (χ0) is 33.7. The lowest BCUT2D eigenvalue weighted by Crippen LogP contribution is -2.44. The van der Waals surface area contributed by atoms with Crippen molar-refractivity contribution in [2.75, 3.05) is 44.4 Å². The van der Waals surface area contributed by atoms with E-state index in [1.807, 2.05) is 36.4 Å². The van der Waals surface area contributed by atoms with Crippen LogP contribution in [0.15, 0.2) is 24.5 Å². The first-order chi connectivity index (χ1) is 23.0. The number of hydrogen-bond donors (Lipinski definition) is 0. The third-order valence-electron chi connectivity index (χ3n) is 9.90. The van der Waals surface area contributed by atoms with E-state index in [0.29, 0.717) is 26.3 Å². The largest absolute Gasteiger partial charge is 0.444 e. The number of rotatable bonds is 5. The van der Waals surface area contributed by atoms with Gasteiger partial charge in [-0.1, -0.05) is 0 Å². The maximum absolute atomic E-state index is 12.7. The second kappa shape index (κ2) is 12.8. The van der Waals surface area contributed by atoms with Crippen molar-refractivity contribution in [1.82, 2.24) is 34.0 Å². The highest BCUT2D eigenvalue weighted by molar-refractivity contribution is 5.80. The molecule has 1 unspecified atom stereocenters. The predicted octanol–water partition coefficient (Wildman–Crippen LogP) is 5.00. The van der Waals surface area contributed by atoms with Crippen LogP contribution in [-0.4, -0.2) is 91.2 Å². The van der Waals surface area contributed by atoms with E-state index in [-0.39, 0.29) is 24.4 Å². The minimum Gasteiger partial charge on any atom is -0.444 e. The number of ether oxygens (including phenoxy) is 3. The molecule has 4 aromatic rings. The molecule has 3 aliphatic rings. The lowest BCUT2D eigenvalue weighted by Gasteiger charge is -2.34. The Morgan fingerprint density at radius 1 is 1.06 bits per heavy atom. The summed E-state index contributed by atoms with van der Waals surface area (Å²) in [4.78, 5) is 22.2. The van der Waals surface area contributed by atoms with Crippen molar-refractivity contribution in [1.29, 1.82) is 0 Å². The summed E-state index contributed by atoms with van der Waals surface area (Å²) in [7, 11) is 2.06. The number of morpholine rings is 1. The normalized spacial score (nSPS) is 21.3. The maximum atomic E-state index is 12.7. The molecule has 0 bridgehead atoms. The van der Waals surface area contributed by atoms with Gasteiger partial charge in [0, 0.05) is 49.6 Å². The van der Waals surface area contributed by atoms with Gasteiger partial charge in [-0.2, -0.15) is 10.2 Å². The van der Waals surface area contributed by atoms with E-state index in [4.69, 9.17) is 29.4 Å². The number of nitrogens with zero attached hydrogens (tertiary/aromatic N) is 9. The lowest BCUT2D eigenvalue weighted by molar-refractivity contribution is -0.760. The fourth-order valence-corrected chi connectivity index (χ4v) is 7.52. The van der Waals surface area contributed by atoms with Crippen LogP contribution in [0, 0.1) is 13.8 Å². The highest BCUT2D eigenvalue weighted by Gasteiger charge is 2.32. The second-order valence-electron chi connectivity index (χ2n) is 14.5. The van der Waals surface area contributed by atoms with Crippen LogP contribution in [0.1, 0.15) is 83.5 Å². The van der Waals surface area contributed by atoms with Gasteiger partial charge in [0.25, 0.3) is 0 Å². The third-order valence-corrected chi connectivity index (χ3v) is 9.90. The summed E-state index contributed by atoms with van der Waals surface area (Å²) in [5, 5.41) is 10.1. The Balaban J connectivity index is 1.29. The summed E-state index contributed by atoms with van der Waals surface area (Å²) in [6.07, 6.45) is 8.57. The van der Waals surface area contributed by atoms with Gasteiger partial charge in [0.1, 0.15) is 17.1 Å². The van der Waals surface area contributed by atoms with Gasteiger partial charge >= 0.3 is 6.09 Å². The minimum atomic E-state index is -0.511. The van der Waals surface area contributed by atoms with Gasteiger partial charge in [-0.15, -0.1) is 9.36 Å². The molecule has 7 heterocycles. The van der Waals surface area contributed by atoms with Crippen LogP contribution in [0.3, 0.4) is 0 Å². The Bertz CT molecular complexity index is 1790. The van der Waals surface area contributed by atoms with Crippen molar-refractivity contribution < 1.29 is 23.7 Å². The standard InChI is InChI=1S/C35H50N9O4/c1-23-22-46-19-17-41(23)30-20-29(32-24(2)38-42(25(32)3)26-11-15-40(16-12-26)34(45)48-35(4,5)6)43-33(37-30)27(21-36-43)28-13-14-39(7)44(28)31-10-8-9-18-47-31/h13-14,20-21,23,26,31H,8-12,15-19,22H2,1-7H3/q+1/t23-,31?/m1/s1. The molecule has 2 atom stereocenters. The Morgan fingerprint density at radius 2 is 1.85 bits per heavy atom. The number of carbonyl (C=O) groups is 1. The molecule has 258 valence electrons.